The number of para-hydroxylation sites is 1. The summed E-state index contributed by atoms with van der Waals surface area (Å²) >= 11 is 0. The van der Waals surface area contributed by atoms with E-state index in [1.807, 2.05) is 68.4 Å². The second-order valence-electron chi connectivity index (χ2n) is 6.49. The number of esters is 1. The van der Waals surface area contributed by atoms with Gasteiger partial charge in [0.15, 0.2) is 6.61 Å². The zero-order valence-corrected chi connectivity index (χ0v) is 15.3. The third-order valence-electron chi connectivity index (χ3n) is 4.23. The molecule has 3 rings (SSSR count). The van der Waals surface area contributed by atoms with Gasteiger partial charge >= 0.3 is 5.97 Å². The quantitative estimate of drug-likeness (QED) is 0.692. The number of fused-ring (bicyclic) bond motifs is 1. The van der Waals surface area contributed by atoms with Gasteiger partial charge in [0.1, 0.15) is 11.3 Å². The third-order valence-corrected chi connectivity index (χ3v) is 4.23. The average molecular weight is 363 g/mol. The number of nitrogens with zero attached hydrogens (tertiary/aromatic N) is 1. The molecule has 138 valence electrons. The molecule has 0 aliphatic carbocycles. The number of rotatable bonds is 5. The number of hydrogen-bond donors (Lipinski definition) is 1. The van der Waals surface area contributed by atoms with Crippen LogP contribution in [0, 0.1) is 0 Å². The molecule has 0 aromatic heterocycles. The molecule has 1 N–H and O–H groups in total. The second-order valence-corrected chi connectivity index (χ2v) is 6.49. The molecule has 0 unspecified atom stereocenters. The number of phenolic OH excluding ortho intramolecular Hbond substituents is 1. The van der Waals surface area contributed by atoms with Crippen LogP contribution in [0.3, 0.4) is 0 Å². The topological polar surface area (TPSA) is 66.8 Å². The number of benzene rings is 3. The molecule has 0 heterocycles. The lowest BCUT2D eigenvalue weighted by Gasteiger charge is -2.26. The predicted octanol–water partition coefficient (Wildman–Crippen LogP) is 4.14. The maximum atomic E-state index is 12.6. The number of carbonyl (C=O) groups excluding carboxylic acids is 2. The van der Waals surface area contributed by atoms with Gasteiger partial charge < -0.3 is 14.7 Å². The molecule has 0 aliphatic heterocycles. The molecule has 0 spiro atoms. The molecule has 0 bridgehead atoms. The highest BCUT2D eigenvalue weighted by Crippen LogP contribution is 2.25. The first kappa shape index (κ1) is 18.5. The van der Waals surface area contributed by atoms with Gasteiger partial charge in [-0.25, -0.2) is 4.79 Å². The smallest absolute Gasteiger partial charge is 0.342 e. The summed E-state index contributed by atoms with van der Waals surface area (Å²) < 4.78 is 5.18. The van der Waals surface area contributed by atoms with E-state index in [1.165, 1.54) is 6.07 Å². The molecule has 3 aromatic carbocycles. The molecule has 5 nitrogen and oxygen atoms in total. The fourth-order valence-corrected chi connectivity index (χ4v) is 2.99. The Morgan fingerprint density at radius 2 is 1.56 bits per heavy atom. The maximum Gasteiger partial charge on any atom is 0.342 e. The first-order valence-electron chi connectivity index (χ1n) is 8.73. The monoisotopic (exact) mass is 363 g/mol. The van der Waals surface area contributed by atoms with Crippen LogP contribution in [0.5, 0.6) is 5.75 Å². The number of phenols is 1. The van der Waals surface area contributed by atoms with E-state index in [4.69, 9.17) is 4.74 Å². The summed E-state index contributed by atoms with van der Waals surface area (Å²) in [4.78, 5) is 26.6. The maximum absolute atomic E-state index is 12.6. The van der Waals surface area contributed by atoms with Gasteiger partial charge in [0.2, 0.25) is 0 Å². The SMILES string of the molecule is CC(C)N(C(=O)COC(=O)c1cc2ccccc2cc1O)c1ccccc1. The Hall–Kier alpha value is -3.34. The molecule has 3 aromatic rings. The van der Waals surface area contributed by atoms with Crippen LogP contribution in [0.15, 0.2) is 66.7 Å². The number of hydrogen-bond acceptors (Lipinski definition) is 4. The number of ether oxygens (including phenoxy) is 1. The van der Waals surface area contributed by atoms with Crippen molar-refractivity contribution in [2.45, 2.75) is 19.9 Å². The van der Waals surface area contributed by atoms with E-state index >= 15 is 0 Å². The number of amides is 1. The Bertz CT molecular complexity index is 966. The minimum Gasteiger partial charge on any atom is -0.507 e. The standard InChI is InChI=1S/C22H21NO4/c1-15(2)23(18-10-4-3-5-11-18)21(25)14-27-22(26)19-12-16-8-6-7-9-17(16)13-20(19)24/h3-13,15,24H,14H2,1-2H3. The summed E-state index contributed by atoms with van der Waals surface area (Å²) in [5.41, 5.74) is 0.777. The van der Waals surface area contributed by atoms with Crippen molar-refractivity contribution in [1.29, 1.82) is 0 Å². The summed E-state index contributed by atoms with van der Waals surface area (Å²) in [5.74, 6) is -1.23. The van der Waals surface area contributed by atoms with Crippen molar-refractivity contribution in [2.24, 2.45) is 0 Å². The van der Waals surface area contributed by atoms with Gasteiger partial charge in [-0.3, -0.25) is 4.79 Å². The van der Waals surface area contributed by atoms with Crippen molar-refractivity contribution in [3.63, 3.8) is 0 Å². The molecule has 0 aliphatic rings. The first-order valence-corrected chi connectivity index (χ1v) is 8.73. The predicted molar refractivity (Wildman–Crippen MR) is 105 cm³/mol. The zero-order valence-electron chi connectivity index (χ0n) is 15.3. The van der Waals surface area contributed by atoms with E-state index in [2.05, 4.69) is 0 Å². The molecule has 0 saturated carbocycles. The van der Waals surface area contributed by atoms with Crippen LogP contribution in [-0.4, -0.2) is 29.6 Å². The Balaban J connectivity index is 1.75. The molecule has 27 heavy (non-hydrogen) atoms. The largest absolute Gasteiger partial charge is 0.507 e. The lowest BCUT2D eigenvalue weighted by Crippen LogP contribution is -2.39. The molecule has 0 radical (unpaired) electrons. The van der Waals surface area contributed by atoms with Gasteiger partial charge in [0.05, 0.1) is 0 Å². The highest BCUT2D eigenvalue weighted by Gasteiger charge is 2.22. The molecule has 1 amide bonds. The molecule has 0 saturated heterocycles. The van der Waals surface area contributed by atoms with Crippen LogP contribution >= 0.6 is 0 Å². The average Bonchev–Trinajstić information content (AvgIpc) is 2.66. The van der Waals surface area contributed by atoms with Gasteiger partial charge in [-0.1, -0.05) is 42.5 Å². The third kappa shape index (κ3) is 4.08. The summed E-state index contributed by atoms with van der Waals surface area (Å²) in [5, 5.41) is 11.7. The molecule has 0 fully saturated rings. The van der Waals surface area contributed by atoms with E-state index in [0.29, 0.717) is 0 Å². The second kappa shape index (κ2) is 7.91. The molecular formula is C22H21NO4. The Morgan fingerprint density at radius 1 is 0.963 bits per heavy atom. The Kier molecular flexibility index (Phi) is 5.41. The highest BCUT2D eigenvalue weighted by atomic mass is 16.5. The van der Waals surface area contributed by atoms with Crippen LogP contribution in [0.2, 0.25) is 0 Å². The number of aromatic hydroxyl groups is 1. The molecular weight excluding hydrogens is 342 g/mol. The number of anilines is 1. The minimum absolute atomic E-state index is 0.0392. The van der Waals surface area contributed by atoms with Crippen LogP contribution in [0.1, 0.15) is 24.2 Å². The minimum atomic E-state index is -0.733. The number of carbonyl (C=O) groups is 2. The van der Waals surface area contributed by atoms with Gasteiger partial charge in [-0.2, -0.15) is 0 Å². The van der Waals surface area contributed by atoms with E-state index in [9.17, 15) is 14.7 Å². The van der Waals surface area contributed by atoms with Crippen LogP contribution in [0.25, 0.3) is 10.8 Å². The molecule has 5 heteroatoms. The van der Waals surface area contributed by atoms with Gasteiger partial charge in [-0.05, 0) is 48.9 Å². The van der Waals surface area contributed by atoms with Gasteiger partial charge in [-0.15, -0.1) is 0 Å². The fourth-order valence-electron chi connectivity index (χ4n) is 2.99. The van der Waals surface area contributed by atoms with Crippen LogP contribution in [0.4, 0.5) is 5.69 Å². The van der Waals surface area contributed by atoms with Crippen molar-refractivity contribution in [2.75, 3.05) is 11.5 Å². The summed E-state index contributed by atoms with van der Waals surface area (Å²) in [6.07, 6.45) is 0. The zero-order chi connectivity index (χ0) is 19.4. The van der Waals surface area contributed by atoms with Crippen molar-refractivity contribution in [3.8, 4) is 5.75 Å². The van der Waals surface area contributed by atoms with Crippen molar-refractivity contribution in [1.82, 2.24) is 0 Å². The van der Waals surface area contributed by atoms with Gasteiger partial charge in [0, 0.05) is 11.7 Å². The fraction of sp³-hybridized carbons (Fsp3) is 0.182. The van der Waals surface area contributed by atoms with E-state index in [1.54, 1.807) is 11.0 Å². The Labute approximate surface area is 157 Å². The summed E-state index contributed by atoms with van der Waals surface area (Å²) in [7, 11) is 0. The first-order chi connectivity index (χ1) is 13.0. The highest BCUT2D eigenvalue weighted by molar-refractivity contribution is 6.01. The summed E-state index contributed by atoms with van der Waals surface area (Å²) in [6.45, 7) is 3.38. The Morgan fingerprint density at radius 3 is 2.19 bits per heavy atom. The van der Waals surface area contributed by atoms with Crippen LogP contribution in [-0.2, 0) is 9.53 Å². The summed E-state index contributed by atoms with van der Waals surface area (Å²) in [6, 6.07) is 19.6. The van der Waals surface area contributed by atoms with Crippen LogP contribution < -0.4 is 4.90 Å². The van der Waals surface area contributed by atoms with Crippen molar-refractivity contribution in [3.05, 3.63) is 72.3 Å². The molecule has 0 atom stereocenters. The van der Waals surface area contributed by atoms with E-state index in [0.717, 1.165) is 16.5 Å². The van der Waals surface area contributed by atoms with E-state index < -0.39 is 12.6 Å². The lowest BCUT2D eigenvalue weighted by atomic mass is 10.1. The van der Waals surface area contributed by atoms with Crippen molar-refractivity contribution < 1.29 is 19.4 Å². The van der Waals surface area contributed by atoms with Crippen molar-refractivity contribution >= 4 is 28.3 Å². The normalized spacial score (nSPS) is 10.8. The van der Waals surface area contributed by atoms with Gasteiger partial charge in [0.25, 0.3) is 5.91 Å². The van der Waals surface area contributed by atoms with E-state index in [-0.39, 0.29) is 23.3 Å². The lowest BCUT2D eigenvalue weighted by molar-refractivity contribution is -0.122.